The Kier molecular flexibility index (Phi) is 5.68. The highest BCUT2D eigenvalue weighted by Crippen LogP contribution is 2.49. The van der Waals surface area contributed by atoms with Crippen molar-refractivity contribution in [2.45, 2.75) is 18.1 Å². The maximum atomic E-state index is 13.0. The van der Waals surface area contributed by atoms with Crippen LogP contribution in [0.25, 0.3) is 0 Å². The Labute approximate surface area is 189 Å². The number of carbonyl (C=O) groups excluding carboxylic acids is 3. The zero-order chi connectivity index (χ0) is 23.1. The van der Waals surface area contributed by atoms with E-state index in [1.54, 1.807) is 53.4 Å². The fourth-order valence-corrected chi connectivity index (χ4v) is 5.06. The number of hydrogen-bond donors (Lipinski definition) is 3. The molecule has 168 valence electrons. The Balaban J connectivity index is 1.87. The molecule has 3 atom stereocenters. The van der Waals surface area contributed by atoms with Gasteiger partial charge < -0.3 is 26.2 Å². The Morgan fingerprint density at radius 3 is 2.34 bits per heavy atom. The van der Waals surface area contributed by atoms with Gasteiger partial charge >= 0.3 is 6.03 Å². The average Bonchev–Trinajstić information content (AvgIpc) is 3.10. The number of halogens is 1. The number of aliphatic hydroxyl groups is 1. The van der Waals surface area contributed by atoms with Crippen LogP contribution in [0, 0.1) is 0 Å². The molecule has 0 bridgehead atoms. The van der Waals surface area contributed by atoms with Crippen molar-refractivity contribution < 1.29 is 24.2 Å². The molecule has 0 saturated carbocycles. The number of quaternary nitrogens is 1. The number of urea groups is 1. The molecular weight excluding hydrogens is 436 g/mol. The first kappa shape index (κ1) is 22.2. The normalized spacial score (nSPS) is 28.0. The van der Waals surface area contributed by atoms with Crippen LogP contribution in [0.15, 0.2) is 48.5 Å². The second kappa shape index (κ2) is 8.18. The lowest BCUT2D eigenvalue weighted by Crippen LogP contribution is -2.70. The van der Waals surface area contributed by atoms with Crippen LogP contribution in [-0.2, 0) is 19.9 Å². The van der Waals surface area contributed by atoms with E-state index in [-0.39, 0.29) is 25.5 Å². The first-order valence-corrected chi connectivity index (χ1v) is 10.5. The molecule has 2 aliphatic rings. The first-order valence-electron chi connectivity index (χ1n) is 10.1. The molecule has 2 aliphatic heterocycles. The number of ether oxygens (including phenoxy) is 1. The molecule has 2 heterocycles. The summed E-state index contributed by atoms with van der Waals surface area (Å²) in [5.74, 6) is -0.966. The Morgan fingerprint density at radius 2 is 1.78 bits per heavy atom. The Morgan fingerprint density at radius 1 is 1.12 bits per heavy atom. The fourth-order valence-electron chi connectivity index (χ4n) is 4.94. The smallest absolute Gasteiger partial charge is 0.387 e. The molecule has 2 aromatic carbocycles. The zero-order valence-electron chi connectivity index (χ0n) is 17.2. The molecule has 0 aliphatic carbocycles. The number of anilines is 1. The predicted octanol–water partition coefficient (Wildman–Crippen LogP) is 1.23. The van der Waals surface area contributed by atoms with Gasteiger partial charge in [-0.3, -0.25) is 9.59 Å². The minimum atomic E-state index is -1.65. The third kappa shape index (κ3) is 3.25. The summed E-state index contributed by atoms with van der Waals surface area (Å²) in [6.07, 6.45) is -1.10. The lowest BCUT2D eigenvalue weighted by molar-refractivity contribution is -0.127. The molecule has 32 heavy (non-hydrogen) atoms. The minimum Gasteiger partial charge on any atom is -0.387 e. The number of likely N-dealkylation sites (tertiary alicyclic amines) is 1. The number of benzene rings is 2. The molecule has 2 fully saturated rings. The first-order chi connectivity index (χ1) is 15.2. The number of nitrogens with two attached hydrogens (primary N) is 2. The summed E-state index contributed by atoms with van der Waals surface area (Å²) in [4.78, 5) is 39.8. The van der Waals surface area contributed by atoms with Crippen LogP contribution >= 0.6 is 11.6 Å². The average molecular weight is 460 g/mol. The molecule has 2 aromatic rings. The predicted molar refractivity (Wildman–Crippen MR) is 119 cm³/mol. The van der Waals surface area contributed by atoms with E-state index >= 15 is 0 Å². The number of carbonyl (C=O) groups is 3. The van der Waals surface area contributed by atoms with Gasteiger partial charge in [0.15, 0.2) is 0 Å². The summed E-state index contributed by atoms with van der Waals surface area (Å²) in [6.45, 7) is 0.702. The van der Waals surface area contributed by atoms with Crippen molar-refractivity contribution in [3.63, 3.8) is 0 Å². The van der Waals surface area contributed by atoms with Crippen LogP contribution in [-0.4, -0.2) is 55.4 Å². The van der Waals surface area contributed by atoms with Gasteiger partial charge in [-0.2, -0.15) is 4.48 Å². The zero-order valence-corrected chi connectivity index (χ0v) is 18.0. The molecule has 9 nitrogen and oxygen atoms in total. The van der Waals surface area contributed by atoms with Gasteiger partial charge in [0, 0.05) is 41.4 Å². The van der Waals surface area contributed by atoms with E-state index in [1.807, 2.05) is 0 Å². The quantitative estimate of drug-likeness (QED) is 0.591. The van der Waals surface area contributed by atoms with Crippen molar-refractivity contribution in [2.75, 3.05) is 31.2 Å². The Bertz CT molecular complexity index is 1060. The molecule has 1 unspecified atom stereocenters. The van der Waals surface area contributed by atoms with E-state index in [0.717, 1.165) is 0 Å². The van der Waals surface area contributed by atoms with Crippen molar-refractivity contribution in [1.29, 1.82) is 0 Å². The molecule has 4 amide bonds. The number of morpholine rings is 1. The van der Waals surface area contributed by atoms with E-state index in [9.17, 15) is 19.5 Å². The number of amides is 4. The van der Waals surface area contributed by atoms with E-state index in [1.165, 1.54) is 0 Å². The topological polar surface area (TPSA) is 136 Å². The third-order valence-corrected chi connectivity index (χ3v) is 6.61. The summed E-state index contributed by atoms with van der Waals surface area (Å²) in [7, 11) is 0. The van der Waals surface area contributed by atoms with Gasteiger partial charge in [0.25, 0.3) is 11.8 Å². The fraction of sp³-hybridized carbons (Fsp3) is 0.318. The molecular formula is C22H24ClN4O5+. The van der Waals surface area contributed by atoms with Gasteiger partial charge in [-0.25, -0.2) is 4.79 Å². The molecule has 5 N–H and O–H groups in total. The maximum Gasteiger partial charge on any atom is 0.420 e. The number of primary amides is 2. The van der Waals surface area contributed by atoms with Gasteiger partial charge in [0.2, 0.25) is 5.54 Å². The third-order valence-electron chi connectivity index (χ3n) is 6.36. The minimum absolute atomic E-state index is 0.00257. The molecule has 0 spiro atoms. The second-order valence-electron chi connectivity index (χ2n) is 8.03. The van der Waals surface area contributed by atoms with E-state index in [4.69, 9.17) is 27.8 Å². The molecule has 4 rings (SSSR count). The number of rotatable bonds is 4. The Hall–Kier alpha value is -2.98. The highest BCUT2D eigenvalue weighted by Gasteiger charge is 2.68. The molecule has 10 heteroatoms. The van der Waals surface area contributed by atoms with E-state index < -0.39 is 28.1 Å². The van der Waals surface area contributed by atoms with Crippen LogP contribution < -0.4 is 20.9 Å². The van der Waals surface area contributed by atoms with Crippen LogP contribution in [0.3, 0.4) is 0 Å². The van der Waals surface area contributed by atoms with Crippen molar-refractivity contribution in [2.24, 2.45) is 11.5 Å². The van der Waals surface area contributed by atoms with Crippen LogP contribution in [0.2, 0.25) is 5.02 Å². The highest BCUT2D eigenvalue weighted by molar-refractivity contribution is 6.30. The summed E-state index contributed by atoms with van der Waals surface area (Å²) < 4.78 is 4.50. The number of aliphatic hydroxyl groups excluding tert-OH is 1. The molecule has 2 saturated heterocycles. The molecule has 0 radical (unpaired) electrons. The van der Waals surface area contributed by atoms with Crippen molar-refractivity contribution >= 4 is 40.8 Å². The van der Waals surface area contributed by atoms with Gasteiger partial charge in [0.05, 0.1) is 6.61 Å². The van der Waals surface area contributed by atoms with E-state index in [2.05, 4.69) is 0 Å². The van der Waals surface area contributed by atoms with Crippen LogP contribution in [0.1, 0.15) is 12.0 Å². The number of nitrogens with zero attached hydrogens (tertiary/aromatic N) is 2. The standard InChI is InChI=1S/C22H23ClN4O5/c23-15-3-7-17(8-4-15)27(21(25)31)12-18(28)11-22(27,20(24)30)14-1-5-16(6-2-14)26-9-10-32-13-19(26)29/h1-8,18,28H,9-13H2,(H3-,24,25,30,31)/p+1/t18-,22+,27?/m1/s1. The van der Waals surface area contributed by atoms with Gasteiger partial charge in [-0.1, -0.05) is 23.7 Å². The summed E-state index contributed by atoms with van der Waals surface area (Å²) in [5, 5.41) is 11.1. The lowest BCUT2D eigenvalue weighted by atomic mass is 9.83. The van der Waals surface area contributed by atoms with E-state index in [0.29, 0.717) is 35.1 Å². The van der Waals surface area contributed by atoms with Gasteiger partial charge in [-0.05, 0) is 24.3 Å². The van der Waals surface area contributed by atoms with Crippen LogP contribution in [0.4, 0.5) is 16.2 Å². The largest absolute Gasteiger partial charge is 0.420 e. The van der Waals surface area contributed by atoms with Gasteiger partial charge in [-0.15, -0.1) is 0 Å². The number of hydrogen-bond acceptors (Lipinski definition) is 5. The summed E-state index contributed by atoms with van der Waals surface area (Å²) in [5.41, 5.74) is 11.6. The maximum absolute atomic E-state index is 13.0. The highest BCUT2D eigenvalue weighted by atomic mass is 35.5. The van der Waals surface area contributed by atoms with Crippen LogP contribution in [0.5, 0.6) is 0 Å². The monoisotopic (exact) mass is 459 g/mol. The summed E-state index contributed by atoms with van der Waals surface area (Å²) in [6, 6.07) is 12.2. The molecule has 0 aromatic heterocycles. The van der Waals surface area contributed by atoms with Crippen molar-refractivity contribution in [3.05, 3.63) is 59.1 Å². The van der Waals surface area contributed by atoms with Crippen molar-refractivity contribution in [1.82, 2.24) is 4.48 Å². The SMILES string of the molecule is NC(=O)[C@@]1(c2ccc(N3CCOCC3=O)cc2)C[C@@H](O)C[N+]1(C(N)=O)c1ccc(Cl)cc1. The van der Waals surface area contributed by atoms with Crippen molar-refractivity contribution in [3.8, 4) is 0 Å². The lowest BCUT2D eigenvalue weighted by Gasteiger charge is -2.42. The van der Waals surface area contributed by atoms with Gasteiger partial charge in [0.1, 0.15) is 24.9 Å². The summed E-state index contributed by atoms with van der Waals surface area (Å²) >= 11 is 6.02. The second-order valence-corrected chi connectivity index (χ2v) is 8.47.